The maximum Gasteiger partial charge on any atom is 0.315 e. The number of nitrogens with zero attached hydrogens (tertiary/aromatic N) is 2. The molecule has 0 aliphatic rings. The molecule has 0 radical (unpaired) electrons. The summed E-state index contributed by atoms with van der Waals surface area (Å²) in [6.07, 6.45) is 3.20. The minimum Gasteiger partial charge on any atom is -0.493 e. The van der Waals surface area contributed by atoms with Crippen LogP contribution < -0.4 is 9.47 Å². The van der Waals surface area contributed by atoms with Gasteiger partial charge in [-0.1, -0.05) is 0 Å². The van der Waals surface area contributed by atoms with Crippen LogP contribution in [-0.2, 0) is 0 Å². The molecule has 0 saturated carbocycles. The van der Waals surface area contributed by atoms with E-state index in [0.717, 1.165) is 0 Å². The van der Waals surface area contributed by atoms with E-state index in [4.69, 9.17) is 9.47 Å². The van der Waals surface area contributed by atoms with E-state index < -0.39 is 4.92 Å². The second-order valence-corrected chi connectivity index (χ2v) is 3.43. The first-order valence-corrected chi connectivity index (χ1v) is 5.07. The van der Waals surface area contributed by atoms with E-state index >= 15 is 0 Å². The number of nitro benzene ring substituents is 1. The van der Waals surface area contributed by atoms with Gasteiger partial charge in [0, 0.05) is 24.0 Å². The summed E-state index contributed by atoms with van der Waals surface area (Å²) >= 11 is 0. The third-order valence-corrected chi connectivity index (χ3v) is 2.43. The number of aromatic nitrogens is 2. The van der Waals surface area contributed by atoms with Gasteiger partial charge >= 0.3 is 5.69 Å². The van der Waals surface area contributed by atoms with E-state index in [1.54, 1.807) is 18.5 Å². The van der Waals surface area contributed by atoms with E-state index in [-0.39, 0.29) is 17.2 Å². The van der Waals surface area contributed by atoms with Crippen LogP contribution >= 0.6 is 0 Å². The van der Waals surface area contributed by atoms with Gasteiger partial charge in [0.25, 0.3) is 0 Å². The number of hydrogen-bond donors (Lipinski definition) is 1. The number of nitro groups is 1. The highest BCUT2D eigenvalue weighted by Gasteiger charge is 2.22. The molecule has 2 aromatic rings. The zero-order valence-corrected chi connectivity index (χ0v) is 9.84. The zero-order valence-electron chi connectivity index (χ0n) is 9.84. The van der Waals surface area contributed by atoms with Gasteiger partial charge in [0.05, 0.1) is 19.1 Å². The summed E-state index contributed by atoms with van der Waals surface area (Å²) < 4.78 is 10.1. The number of nitrogens with one attached hydrogen (secondary N) is 1. The molecule has 0 aliphatic heterocycles. The molecule has 0 spiro atoms. The smallest absolute Gasteiger partial charge is 0.315 e. The molecule has 2 rings (SSSR count). The van der Waals surface area contributed by atoms with Crippen molar-refractivity contribution in [1.29, 1.82) is 0 Å². The Kier molecular flexibility index (Phi) is 3.13. The Hall–Kier alpha value is -2.57. The van der Waals surface area contributed by atoms with Crippen LogP contribution in [0.25, 0.3) is 11.4 Å². The molecule has 1 aromatic carbocycles. The van der Waals surface area contributed by atoms with Crippen LogP contribution in [0.4, 0.5) is 5.69 Å². The first-order chi connectivity index (χ1) is 8.67. The molecular weight excluding hydrogens is 238 g/mol. The molecule has 18 heavy (non-hydrogen) atoms. The Morgan fingerprint density at radius 1 is 1.33 bits per heavy atom. The topological polar surface area (TPSA) is 90.3 Å². The Bertz CT molecular complexity index is 566. The minimum absolute atomic E-state index is 0.0952. The molecule has 0 fully saturated rings. The van der Waals surface area contributed by atoms with Crippen molar-refractivity contribution in [3.05, 3.63) is 34.6 Å². The molecule has 1 N–H and O–H groups in total. The number of benzene rings is 1. The first-order valence-electron chi connectivity index (χ1n) is 5.07. The molecule has 0 unspecified atom stereocenters. The number of hydrogen-bond acceptors (Lipinski definition) is 5. The molecule has 94 valence electrons. The van der Waals surface area contributed by atoms with Crippen LogP contribution in [0, 0.1) is 10.1 Å². The third-order valence-electron chi connectivity index (χ3n) is 2.43. The van der Waals surface area contributed by atoms with E-state index in [9.17, 15) is 10.1 Å². The van der Waals surface area contributed by atoms with E-state index in [1.807, 2.05) is 0 Å². The standard InChI is InChI=1S/C11H11N3O4/c1-17-9-6-7(11-12-3-4-13-11)5-8(14(15)16)10(9)18-2/h3-6H,1-2H3,(H,12,13). The summed E-state index contributed by atoms with van der Waals surface area (Å²) in [4.78, 5) is 17.4. The van der Waals surface area contributed by atoms with Gasteiger partial charge in [-0.25, -0.2) is 4.98 Å². The first kappa shape index (κ1) is 11.9. The average Bonchev–Trinajstić information content (AvgIpc) is 2.90. The number of ether oxygens (including phenoxy) is 2. The van der Waals surface area contributed by atoms with Crippen molar-refractivity contribution in [3.8, 4) is 22.9 Å². The van der Waals surface area contributed by atoms with Crippen LogP contribution in [0.1, 0.15) is 0 Å². The van der Waals surface area contributed by atoms with Crippen molar-refractivity contribution in [2.45, 2.75) is 0 Å². The number of H-pyrrole nitrogens is 1. The van der Waals surface area contributed by atoms with Gasteiger partial charge < -0.3 is 14.5 Å². The summed E-state index contributed by atoms with van der Waals surface area (Å²) in [5, 5.41) is 11.0. The summed E-state index contributed by atoms with van der Waals surface area (Å²) in [6, 6.07) is 3.02. The molecule has 1 heterocycles. The fourth-order valence-electron chi connectivity index (χ4n) is 1.64. The van der Waals surface area contributed by atoms with Gasteiger partial charge in [-0.3, -0.25) is 10.1 Å². The highest BCUT2D eigenvalue weighted by Crippen LogP contribution is 2.40. The number of aromatic amines is 1. The van der Waals surface area contributed by atoms with Gasteiger partial charge in [-0.2, -0.15) is 0 Å². The van der Waals surface area contributed by atoms with E-state index in [2.05, 4.69) is 9.97 Å². The largest absolute Gasteiger partial charge is 0.493 e. The molecular formula is C11H11N3O4. The summed E-state index contributed by atoms with van der Waals surface area (Å²) in [7, 11) is 2.78. The van der Waals surface area contributed by atoms with E-state index in [1.165, 1.54) is 20.3 Å². The minimum atomic E-state index is -0.520. The number of imidazole rings is 1. The van der Waals surface area contributed by atoms with Crippen molar-refractivity contribution in [2.24, 2.45) is 0 Å². The number of methoxy groups -OCH3 is 2. The lowest BCUT2D eigenvalue weighted by atomic mass is 10.1. The summed E-state index contributed by atoms with van der Waals surface area (Å²) in [5.74, 6) is 0.912. The van der Waals surface area contributed by atoms with Crippen molar-refractivity contribution in [1.82, 2.24) is 9.97 Å². The highest BCUT2D eigenvalue weighted by molar-refractivity contribution is 5.69. The lowest BCUT2D eigenvalue weighted by molar-refractivity contribution is -0.385. The van der Waals surface area contributed by atoms with Crippen molar-refractivity contribution < 1.29 is 14.4 Å². The molecule has 0 atom stereocenters. The van der Waals surface area contributed by atoms with Crippen molar-refractivity contribution >= 4 is 5.69 Å². The van der Waals surface area contributed by atoms with Crippen LogP contribution in [0.3, 0.4) is 0 Å². The van der Waals surface area contributed by atoms with Crippen LogP contribution in [0.15, 0.2) is 24.5 Å². The second-order valence-electron chi connectivity index (χ2n) is 3.43. The molecule has 0 aliphatic carbocycles. The highest BCUT2D eigenvalue weighted by atomic mass is 16.6. The monoisotopic (exact) mass is 249 g/mol. The molecule has 7 nitrogen and oxygen atoms in total. The fourth-order valence-corrected chi connectivity index (χ4v) is 1.64. The molecule has 0 amide bonds. The lowest BCUT2D eigenvalue weighted by Gasteiger charge is -2.09. The Morgan fingerprint density at radius 3 is 2.61 bits per heavy atom. The normalized spacial score (nSPS) is 10.1. The lowest BCUT2D eigenvalue weighted by Crippen LogP contribution is -1.98. The van der Waals surface area contributed by atoms with Gasteiger partial charge in [-0.15, -0.1) is 0 Å². The SMILES string of the molecule is COc1cc(-c2ncc[nH]2)cc([N+](=O)[O-])c1OC. The van der Waals surface area contributed by atoms with Crippen LogP contribution in [-0.4, -0.2) is 29.1 Å². The third kappa shape index (κ3) is 1.97. The average molecular weight is 249 g/mol. The van der Waals surface area contributed by atoms with Gasteiger partial charge in [0.2, 0.25) is 5.75 Å². The Balaban J connectivity index is 2.64. The summed E-state index contributed by atoms with van der Waals surface area (Å²) in [6.45, 7) is 0. The van der Waals surface area contributed by atoms with Crippen molar-refractivity contribution in [2.75, 3.05) is 14.2 Å². The molecule has 0 saturated heterocycles. The Morgan fingerprint density at radius 2 is 2.11 bits per heavy atom. The Labute approximate surface area is 103 Å². The van der Waals surface area contributed by atoms with Gasteiger partial charge in [-0.05, 0) is 6.07 Å². The van der Waals surface area contributed by atoms with Gasteiger partial charge in [0.15, 0.2) is 5.75 Å². The maximum absolute atomic E-state index is 11.0. The van der Waals surface area contributed by atoms with Gasteiger partial charge in [0.1, 0.15) is 5.82 Å². The second kappa shape index (κ2) is 4.74. The molecule has 1 aromatic heterocycles. The predicted octanol–water partition coefficient (Wildman–Crippen LogP) is 2.00. The zero-order chi connectivity index (χ0) is 13.1. The molecule has 7 heteroatoms. The van der Waals surface area contributed by atoms with E-state index in [0.29, 0.717) is 11.4 Å². The van der Waals surface area contributed by atoms with Crippen LogP contribution in [0.5, 0.6) is 11.5 Å². The predicted molar refractivity (Wildman–Crippen MR) is 63.8 cm³/mol. The van der Waals surface area contributed by atoms with Crippen molar-refractivity contribution in [3.63, 3.8) is 0 Å². The number of rotatable bonds is 4. The quantitative estimate of drug-likeness (QED) is 0.661. The summed E-state index contributed by atoms with van der Waals surface area (Å²) in [5.41, 5.74) is 0.396. The van der Waals surface area contributed by atoms with Crippen LogP contribution in [0.2, 0.25) is 0 Å². The maximum atomic E-state index is 11.0. The fraction of sp³-hybridized carbons (Fsp3) is 0.182. The molecule has 0 bridgehead atoms.